The van der Waals surface area contributed by atoms with Crippen LogP contribution in [0, 0.1) is 35.5 Å². The van der Waals surface area contributed by atoms with E-state index in [2.05, 4.69) is 21.3 Å². The molecule has 0 radical (unpaired) electrons. The molecule has 5 N–H and O–H groups in total. The lowest BCUT2D eigenvalue weighted by molar-refractivity contribution is -0.163. The molecule has 0 bridgehead atoms. The molecule has 7 amide bonds. The number of carbonyl (C=O) groups excluding carboxylic acids is 11. The zero-order valence-electron chi connectivity index (χ0n) is 50.7. The van der Waals surface area contributed by atoms with Gasteiger partial charge < -0.3 is 60.0 Å². The molecule has 462 valence electrons. The van der Waals surface area contributed by atoms with E-state index in [9.17, 15) is 53.1 Å². The van der Waals surface area contributed by atoms with Crippen molar-refractivity contribution in [2.24, 2.45) is 35.5 Å². The van der Waals surface area contributed by atoms with E-state index in [1.807, 2.05) is 13.8 Å². The molecule has 13 atom stereocenters. The summed E-state index contributed by atoms with van der Waals surface area (Å²) in [6, 6.07) is -1.43. The Hall–Kier alpha value is -7.43. The highest BCUT2D eigenvalue weighted by molar-refractivity contribution is 6.05. The maximum absolute atomic E-state index is 15.0. The quantitative estimate of drug-likeness (QED) is 0.0903. The molecular weight excluding hydrogens is 1090 g/mol. The summed E-state index contributed by atoms with van der Waals surface area (Å²) >= 11 is 0. The molecule has 1 aliphatic carbocycles. The molecule has 2 saturated heterocycles. The third kappa shape index (κ3) is 17.3. The molecule has 0 spiro atoms. The van der Waals surface area contributed by atoms with Crippen LogP contribution in [-0.2, 0) is 73.4 Å². The Bertz CT molecular complexity index is 2690. The van der Waals surface area contributed by atoms with Crippen LogP contribution in [0.5, 0.6) is 5.75 Å². The van der Waals surface area contributed by atoms with E-state index in [1.165, 1.54) is 50.9 Å². The zero-order valence-corrected chi connectivity index (χ0v) is 50.7. The van der Waals surface area contributed by atoms with Crippen LogP contribution in [-0.4, -0.2) is 180 Å². The maximum Gasteiger partial charge on any atom is 0.329 e. The first-order valence-corrected chi connectivity index (χ1v) is 29.1. The van der Waals surface area contributed by atoms with E-state index in [0.717, 1.165) is 4.90 Å². The minimum absolute atomic E-state index is 0.0156. The first kappa shape index (κ1) is 67.4. The highest BCUT2D eigenvalue weighted by Crippen LogP contribution is 2.28. The standard InChI is InChI=1S/C61H87N7O16/c1-14-35(8)50-46(69)30-49(71)84-53(34(6)7)52(72)36(9)54(73)63-42(26-32(2)3)58(77)68-25-17-19-43(68)59(78)67(12)45(28-38-21-23-40(81-13)24-22-38)61(80)82-37(10)51(57(76)64-50)65-56(75)44(27-33(4)5)66(11)48(70)31-62-55(74)41-29-39-18-15-16-20-47(39)83-60(41)79/h15-16,18,20-24,29,32-37,41-47,50-51,53,69H,14,17,19,25-28,30-31H2,1-13H3,(H,62,74)(H,63,73)(H,64,76)(H,65,75)/t35-,36-,37+,41?,42-,43?,44+,45-,46-,47?,50+,51-,53-/m0/s1. The van der Waals surface area contributed by atoms with E-state index >= 15 is 4.79 Å². The monoisotopic (exact) mass is 1170 g/mol. The van der Waals surface area contributed by atoms with Gasteiger partial charge in [-0.2, -0.15) is 0 Å². The highest BCUT2D eigenvalue weighted by Gasteiger charge is 2.45. The molecule has 23 nitrogen and oxygen atoms in total. The van der Waals surface area contributed by atoms with Crippen LogP contribution in [0.3, 0.4) is 0 Å². The molecular formula is C61H87N7O16. The van der Waals surface area contributed by atoms with Gasteiger partial charge in [0, 0.05) is 27.1 Å². The van der Waals surface area contributed by atoms with Gasteiger partial charge in [-0.15, -0.1) is 0 Å². The Morgan fingerprint density at radius 3 is 2.17 bits per heavy atom. The average molecular weight is 1170 g/mol. The number of carbonyl (C=O) groups is 11. The molecule has 5 rings (SSSR count). The van der Waals surface area contributed by atoms with Crippen molar-refractivity contribution in [1.82, 2.24) is 36.0 Å². The molecule has 3 heterocycles. The van der Waals surface area contributed by atoms with E-state index in [4.69, 9.17) is 18.9 Å². The van der Waals surface area contributed by atoms with Gasteiger partial charge in [-0.05, 0) is 92.5 Å². The maximum atomic E-state index is 15.0. The van der Waals surface area contributed by atoms with Gasteiger partial charge in [0.25, 0.3) is 0 Å². The van der Waals surface area contributed by atoms with E-state index in [1.54, 1.807) is 90.1 Å². The molecule has 23 heteroatoms. The molecule has 3 unspecified atom stereocenters. The van der Waals surface area contributed by atoms with Crippen molar-refractivity contribution in [3.8, 4) is 5.75 Å². The molecule has 1 aromatic rings. The number of likely N-dealkylation sites (N-methyl/N-ethyl adjacent to an activating group) is 2. The molecule has 0 aromatic heterocycles. The Labute approximate surface area is 492 Å². The number of ketones is 1. The lowest BCUT2D eigenvalue weighted by Crippen LogP contribution is -2.62. The fraction of sp³-hybridized carbons (Fsp3) is 0.623. The number of allylic oxidation sites excluding steroid dienone is 2. The van der Waals surface area contributed by atoms with Crippen molar-refractivity contribution < 1.29 is 76.8 Å². The number of amides is 7. The zero-order chi connectivity index (χ0) is 62.4. The third-order valence-electron chi connectivity index (χ3n) is 15.9. The van der Waals surface area contributed by atoms with Crippen molar-refractivity contribution in [2.75, 3.05) is 34.3 Å². The second-order valence-electron chi connectivity index (χ2n) is 23.6. The minimum atomic E-state index is -1.80. The Balaban J connectivity index is 1.56. The number of hydrogen-bond donors (Lipinski definition) is 5. The summed E-state index contributed by atoms with van der Waals surface area (Å²) in [5.74, 6) is -13.1. The summed E-state index contributed by atoms with van der Waals surface area (Å²) in [7, 11) is 4.19. The van der Waals surface area contributed by atoms with Crippen LogP contribution >= 0.6 is 0 Å². The van der Waals surface area contributed by atoms with E-state index in [-0.39, 0.29) is 44.1 Å². The van der Waals surface area contributed by atoms with Crippen molar-refractivity contribution in [2.45, 2.75) is 175 Å². The summed E-state index contributed by atoms with van der Waals surface area (Å²) in [4.78, 5) is 160. The van der Waals surface area contributed by atoms with Gasteiger partial charge in [0.05, 0.1) is 38.1 Å². The number of rotatable bonds is 16. The first-order chi connectivity index (χ1) is 39.6. The van der Waals surface area contributed by atoms with Gasteiger partial charge in [-0.25, -0.2) is 4.79 Å². The van der Waals surface area contributed by atoms with Gasteiger partial charge in [0.1, 0.15) is 48.2 Å². The lowest BCUT2D eigenvalue weighted by atomic mass is 9.91. The molecule has 84 heavy (non-hydrogen) atoms. The van der Waals surface area contributed by atoms with Crippen LogP contribution in [0.2, 0.25) is 0 Å². The smallest absolute Gasteiger partial charge is 0.329 e. The number of cyclic esters (lactones) is 2. The molecule has 4 aliphatic rings. The van der Waals surface area contributed by atoms with Gasteiger partial charge in [-0.3, -0.25) is 47.9 Å². The van der Waals surface area contributed by atoms with Gasteiger partial charge >= 0.3 is 17.9 Å². The van der Waals surface area contributed by atoms with Crippen LogP contribution in [0.25, 0.3) is 0 Å². The minimum Gasteiger partial charge on any atom is -0.497 e. The third-order valence-corrected chi connectivity index (χ3v) is 15.9. The Morgan fingerprint density at radius 2 is 1.55 bits per heavy atom. The number of aliphatic hydroxyl groups is 1. The number of ether oxygens (including phenoxy) is 4. The van der Waals surface area contributed by atoms with E-state index in [0.29, 0.717) is 29.7 Å². The highest BCUT2D eigenvalue weighted by atomic mass is 16.6. The predicted octanol–water partition coefficient (Wildman–Crippen LogP) is 2.65. The largest absolute Gasteiger partial charge is 0.497 e. The van der Waals surface area contributed by atoms with Crippen molar-refractivity contribution in [3.63, 3.8) is 0 Å². The number of fused-ring (bicyclic) bond motifs is 2. The number of esters is 3. The summed E-state index contributed by atoms with van der Waals surface area (Å²) in [5, 5.41) is 22.5. The number of benzene rings is 1. The van der Waals surface area contributed by atoms with Crippen LogP contribution in [0.1, 0.15) is 113 Å². The second kappa shape index (κ2) is 30.4. The molecule has 2 fully saturated rings. The lowest BCUT2D eigenvalue weighted by Gasteiger charge is -2.36. The van der Waals surface area contributed by atoms with Crippen LogP contribution in [0.15, 0.2) is 60.2 Å². The van der Waals surface area contributed by atoms with E-state index < -0.39 is 162 Å². The van der Waals surface area contributed by atoms with Gasteiger partial charge in [0.15, 0.2) is 17.8 Å². The molecule has 1 aromatic carbocycles. The normalized spacial score (nSPS) is 27.6. The van der Waals surface area contributed by atoms with Gasteiger partial charge in [-0.1, -0.05) is 98.2 Å². The summed E-state index contributed by atoms with van der Waals surface area (Å²) in [6.45, 7) is 16.1. The second-order valence-corrected chi connectivity index (χ2v) is 23.6. The number of methoxy groups -OCH3 is 1. The summed E-state index contributed by atoms with van der Waals surface area (Å²) < 4.78 is 22.6. The van der Waals surface area contributed by atoms with Crippen molar-refractivity contribution in [3.05, 3.63) is 65.8 Å². The Morgan fingerprint density at radius 1 is 0.869 bits per heavy atom. The molecule has 0 saturated carbocycles. The fourth-order valence-corrected chi connectivity index (χ4v) is 10.6. The van der Waals surface area contributed by atoms with Crippen LogP contribution < -0.4 is 26.0 Å². The summed E-state index contributed by atoms with van der Waals surface area (Å²) in [6.07, 6.45) is 3.00. The predicted molar refractivity (Wildman–Crippen MR) is 307 cm³/mol. The number of Topliss-reactive ketones (excluding diaryl/α,β-unsaturated/α-hetero) is 1. The SMILES string of the molecule is CC[C@H](C)[C@H]1NC(=O)[C@@H](NC(=O)[C@@H](CC(C)C)N(C)C(=O)CNC(=O)C2C=C3C=CC=CC3OC2=O)[C@@H](C)OC(=O)[C@H](Cc2ccc(OC)cc2)N(C)C(=O)C2CCCN2C(=O)[C@H](CC(C)C)NC(=O)[C@@H](C)C(=O)[C@H](C(C)C)OC(=O)C[C@@H]1O. The number of nitrogens with zero attached hydrogens (tertiary/aromatic N) is 3. The fourth-order valence-electron chi connectivity index (χ4n) is 10.6. The summed E-state index contributed by atoms with van der Waals surface area (Å²) in [5.41, 5.74) is 1.14. The first-order valence-electron chi connectivity index (χ1n) is 29.1. The van der Waals surface area contributed by atoms with Gasteiger partial charge in [0.2, 0.25) is 41.4 Å². The number of hydrogen-bond acceptors (Lipinski definition) is 16. The van der Waals surface area contributed by atoms with Crippen molar-refractivity contribution in [1.29, 1.82) is 0 Å². The number of nitrogens with one attached hydrogen (secondary N) is 4. The van der Waals surface area contributed by atoms with Crippen molar-refractivity contribution >= 4 is 65.0 Å². The average Bonchev–Trinajstić information content (AvgIpc) is 4.12. The molecule has 3 aliphatic heterocycles. The Kier molecular flexibility index (Phi) is 24.4. The topological polar surface area (TPSA) is 303 Å². The van der Waals surface area contributed by atoms with Crippen LogP contribution in [0.4, 0.5) is 0 Å². The number of aliphatic hydroxyl groups excluding tert-OH is 1.